The van der Waals surface area contributed by atoms with Crippen molar-refractivity contribution in [2.45, 2.75) is 66.1 Å². The van der Waals surface area contributed by atoms with Crippen LogP contribution in [0, 0.1) is 11.8 Å². The van der Waals surface area contributed by atoms with Gasteiger partial charge in [-0.25, -0.2) is 19.6 Å². The van der Waals surface area contributed by atoms with Gasteiger partial charge in [-0.1, -0.05) is 94.4 Å². The number of ether oxygens (including phenoxy) is 2. The van der Waals surface area contributed by atoms with Gasteiger partial charge in [0.15, 0.2) is 0 Å². The molecule has 0 bridgehead atoms. The summed E-state index contributed by atoms with van der Waals surface area (Å²) in [5.41, 5.74) is 5.10. The van der Waals surface area contributed by atoms with Gasteiger partial charge in [0.05, 0.1) is 60.6 Å². The fourth-order valence-electron chi connectivity index (χ4n) is 5.28. The van der Waals surface area contributed by atoms with Gasteiger partial charge in [0.25, 0.3) is 0 Å². The van der Waals surface area contributed by atoms with E-state index in [0.717, 1.165) is 33.9 Å². The second-order valence-corrected chi connectivity index (χ2v) is 12.4. The van der Waals surface area contributed by atoms with E-state index >= 15 is 0 Å². The molecule has 0 radical (unpaired) electrons. The molecule has 2 atom stereocenters. The summed E-state index contributed by atoms with van der Waals surface area (Å²) in [5, 5.41) is 5.93. The van der Waals surface area contributed by atoms with Gasteiger partial charge in [-0.05, 0) is 35.1 Å². The monoisotopic (exact) mass is 649 g/mol. The number of benzene rings is 2. The number of alkyl carbamates (subject to hydrolysis) is 2. The summed E-state index contributed by atoms with van der Waals surface area (Å²) >= 11 is 0. The summed E-state index contributed by atoms with van der Waals surface area (Å²) in [6.07, 6.45) is 6.40. The Bertz CT molecular complexity index is 1630. The zero-order valence-electron chi connectivity index (χ0n) is 27.8. The molecular formula is C37H43N7O4. The molecule has 0 aliphatic heterocycles. The molecule has 11 nitrogen and oxygen atoms in total. The first-order chi connectivity index (χ1) is 23.2. The minimum absolute atomic E-state index is 0.101. The van der Waals surface area contributed by atoms with Crippen LogP contribution in [0.25, 0.3) is 0 Å². The topological polar surface area (TPSA) is 125 Å². The number of pyridine rings is 1. The minimum atomic E-state index is -0.484. The van der Waals surface area contributed by atoms with Crippen molar-refractivity contribution in [3.05, 3.63) is 138 Å². The summed E-state index contributed by atoms with van der Waals surface area (Å²) in [5.74, 6) is 0.203. The van der Waals surface area contributed by atoms with E-state index in [0.29, 0.717) is 13.1 Å². The van der Waals surface area contributed by atoms with Crippen LogP contribution < -0.4 is 10.6 Å². The smallest absolute Gasteiger partial charge is 0.408 e. The van der Waals surface area contributed by atoms with Crippen molar-refractivity contribution in [2.75, 3.05) is 0 Å². The molecule has 0 aliphatic rings. The van der Waals surface area contributed by atoms with Crippen molar-refractivity contribution in [3.63, 3.8) is 0 Å². The molecule has 0 saturated heterocycles. The van der Waals surface area contributed by atoms with Crippen molar-refractivity contribution in [1.29, 1.82) is 0 Å². The summed E-state index contributed by atoms with van der Waals surface area (Å²) in [4.78, 5) is 39.2. The molecule has 5 aromatic rings. The van der Waals surface area contributed by atoms with Crippen LogP contribution in [0.3, 0.4) is 0 Å². The van der Waals surface area contributed by atoms with Gasteiger partial charge in [0.2, 0.25) is 0 Å². The van der Waals surface area contributed by atoms with Crippen LogP contribution >= 0.6 is 0 Å². The first kappa shape index (κ1) is 33.9. The average molecular weight is 650 g/mol. The van der Waals surface area contributed by atoms with Gasteiger partial charge in [-0.2, -0.15) is 0 Å². The Labute approximate surface area is 281 Å². The quantitative estimate of drug-likeness (QED) is 0.135. The van der Waals surface area contributed by atoms with Crippen molar-refractivity contribution >= 4 is 12.2 Å². The molecule has 3 aromatic heterocycles. The van der Waals surface area contributed by atoms with Crippen LogP contribution in [0.2, 0.25) is 0 Å². The lowest BCUT2D eigenvalue weighted by Crippen LogP contribution is -2.32. The van der Waals surface area contributed by atoms with Gasteiger partial charge in [0.1, 0.15) is 13.2 Å². The van der Waals surface area contributed by atoms with Crippen molar-refractivity contribution in [3.8, 4) is 0 Å². The van der Waals surface area contributed by atoms with E-state index in [2.05, 4.69) is 20.6 Å². The summed E-state index contributed by atoms with van der Waals surface area (Å²) in [6, 6.07) is 24.5. The molecule has 0 aliphatic carbocycles. The Hall–Kier alpha value is -5.45. The molecule has 11 heteroatoms. The Kier molecular flexibility index (Phi) is 11.6. The van der Waals surface area contributed by atoms with E-state index < -0.39 is 12.2 Å². The Morgan fingerprint density at radius 2 is 1.04 bits per heavy atom. The predicted octanol–water partition coefficient (Wildman–Crippen LogP) is 6.82. The number of hydrogen-bond acceptors (Lipinski definition) is 7. The predicted molar refractivity (Wildman–Crippen MR) is 182 cm³/mol. The number of carbonyl (C=O) groups is 2. The number of imidazole rings is 2. The average Bonchev–Trinajstić information content (AvgIpc) is 3.74. The third-order valence-corrected chi connectivity index (χ3v) is 7.80. The molecule has 5 rings (SSSR count). The maximum atomic E-state index is 12.6. The van der Waals surface area contributed by atoms with Crippen LogP contribution in [0.4, 0.5) is 9.59 Å². The van der Waals surface area contributed by atoms with Crippen molar-refractivity contribution < 1.29 is 19.1 Å². The molecule has 0 spiro atoms. The number of carbonyl (C=O) groups excluding carboxylic acids is 2. The Balaban J connectivity index is 1.16. The second kappa shape index (κ2) is 16.4. The number of aromatic nitrogens is 5. The van der Waals surface area contributed by atoms with Gasteiger partial charge < -0.3 is 29.2 Å². The van der Waals surface area contributed by atoms with Gasteiger partial charge >= 0.3 is 12.2 Å². The molecule has 2 amide bonds. The summed E-state index contributed by atoms with van der Waals surface area (Å²) in [7, 11) is 0. The normalized spacial score (nSPS) is 12.5. The van der Waals surface area contributed by atoms with Crippen LogP contribution in [0.5, 0.6) is 0 Å². The summed E-state index contributed by atoms with van der Waals surface area (Å²) < 4.78 is 14.8. The fourth-order valence-corrected chi connectivity index (χ4v) is 5.28. The number of amides is 2. The van der Waals surface area contributed by atoms with Gasteiger partial charge in [0, 0.05) is 12.4 Å². The summed E-state index contributed by atoms with van der Waals surface area (Å²) in [6.45, 7) is 9.57. The second-order valence-electron chi connectivity index (χ2n) is 12.4. The molecule has 0 fully saturated rings. The van der Waals surface area contributed by atoms with Crippen LogP contribution in [0.1, 0.15) is 73.7 Å². The van der Waals surface area contributed by atoms with Crippen LogP contribution in [-0.2, 0) is 35.8 Å². The molecule has 0 unspecified atom stereocenters. The van der Waals surface area contributed by atoms with E-state index in [-0.39, 0.29) is 37.1 Å². The van der Waals surface area contributed by atoms with Crippen molar-refractivity contribution in [2.24, 2.45) is 11.8 Å². The highest BCUT2D eigenvalue weighted by atomic mass is 16.6. The Morgan fingerprint density at radius 3 is 1.44 bits per heavy atom. The maximum Gasteiger partial charge on any atom is 0.408 e. The molecule has 250 valence electrons. The van der Waals surface area contributed by atoms with E-state index in [4.69, 9.17) is 14.5 Å². The number of rotatable bonds is 14. The lowest BCUT2D eigenvalue weighted by molar-refractivity contribution is 0.131. The zero-order chi connectivity index (χ0) is 33.9. The number of hydrogen-bond donors (Lipinski definition) is 2. The SMILES string of the molecule is CC(C)[C@H](NC(=O)OCc1ccccc1)c1cn(Cc2cccc(Cn3cnc([C@@H](NC(=O)OCc4ccccc4)C(C)C)c3)n2)cn1. The van der Waals surface area contributed by atoms with Gasteiger partial charge in [-0.15, -0.1) is 0 Å². The van der Waals surface area contributed by atoms with Crippen LogP contribution in [0.15, 0.2) is 104 Å². The van der Waals surface area contributed by atoms with E-state index in [1.807, 2.05) is 128 Å². The number of nitrogens with zero attached hydrogens (tertiary/aromatic N) is 5. The van der Waals surface area contributed by atoms with Crippen LogP contribution in [-0.4, -0.2) is 36.3 Å². The molecular weight excluding hydrogens is 606 g/mol. The molecule has 48 heavy (non-hydrogen) atoms. The standard InChI is InChI=1S/C37H43N7O4/c1-26(2)34(41-36(45)47-22-28-12-7-5-8-13-28)32-20-43(24-38-32)18-30-16-11-17-31(40-30)19-44-21-33(39-25-44)35(27(3)4)42-37(46)48-23-29-14-9-6-10-15-29/h5-17,20-21,24-27,34-35H,18-19,22-23H2,1-4H3,(H,41,45)(H,42,46)/t34-,35-/m0/s1. The minimum Gasteiger partial charge on any atom is -0.445 e. The molecule has 2 N–H and O–H groups in total. The maximum absolute atomic E-state index is 12.6. The zero-order valence-corrected chi connectivity index (χ0v) is 27.8. The Morgan fingerprint density at radius 1 is 0.625 bits per heavy atom. The molecule has 0 saturated carbocycles. The highest BCUT2D eigenvalue weighted by Crippen LogP contribution is 2.22. The first-order valence-electron chi connectivity index (χ1n) is 16.2. The third-order valence-electron chi connectivity index (χ3n) is 7.80. The molecule has 2 aromatic carbocycles. The number of nitrogens with one attached hydrogen (secondary N) is 2. The van der Waals surface area contributed by atoms with E-state index in [9.17, 15) is 9.59 Å². The largest absolute Gasteiger partial charge is 0.445 e. The van der Waals surface area contributed by atoms with Gasteiger partial charge in [-0.3, -0.25) is 4.98 Å². The van der Waals surface area contributed by atoms with Crippen molar-refractivity contribution in [1.82, 2.24) is 34.7 Å². The first-order valence-corrected chi connectivity index (χ1v) is 16.2. The fraction of sp³-hybridized carbons (Fsp3) is 0.324. The van der Waals surface area contributed by atoms with E-state index in [1.54, 1.807) is 12.7 Å². The third kappa shape index (κ3) is 9.78. The lowest BCUT2D eigenvalue weighted by atomic mass is 10.0. The van der Waals surface area contributed by atoms with E-state index in [1.165, 1.54) is 0 Å². The lowest BCUT2D eigenvalue weighted by Gasteiger charge is -2.20. The highest BCUT2D eigenvalue weighted by Gasteiger charge is 2.23. The highest BCUT2D eigenvalue weighted by molar-refractivity contribution is 5.68. The molecule has 3 heterocycles.